The molecule has 0 amide bonds. The van der Waals surface area contributed by atoms with Gasteiger partial charge in [0.15, 0.2) is 0 Å². The number of para-hydroxylation sites is 1. The van der Waals surface area contributed by atoms with E-state index in [2.05, 4.69) is 257 Å². The van der Waals surface area contributed by atoms with Gasteiger partial charge in [-0.1, -0.05) is 169 Å². The first-order valence-electron chi connectivity index (χ1n) is 22.7. The molecule has 0 aliphatic rings. The summed E-state index contributed by atoms with van der Waals surface area (Å²) in [6.07, 6.45) is 0. The second-order valence-corrected chi connectivity index (χ2v) is 20.6. The second-order valence-electron chi connectivity index (χ2n) is 19.5. The summed E-state index contributed by atoms with van der Waals surface area (Å²) in [5.41, 5.74) is 17.0. The normalized spacial score (nSPS) is 12.2. The molecule has 9 aromatic carbocycles. The number of thiophene rings is 1. The third-order valence-electron chi connectivity index (χ3n) is 13.1. The standard InChI is InChI=1S/C62H52N2S/c1-61(2,3)47-26-30-50(31-27-47)63(51-32-28-48(29-33-51)62(4,5)6)52-16-12-13-43(37-52)41-19-21-42(22-20-41)45-23-34-53-54-35-24-46(40-58(54)64(57(53)39-45)49-14-8-7-9-15-49)44-25-36-60-56(38-44)55-17-10-11-18-59(55)65-60/h7-40H,1-6H3. The van der Waals surface area contributed by atoms with E-state index in [1.165, 1.54) is 86.5 Å². The first-order chi connectivity index (χ1) is 31.5. The molecule has 0 N–H and O–H groups in total. The van der Waals surface area contributed by atoms with Gasteiger partial charge in [-0.15, -0.1) is 11.3 Å². The molecule has 11 aromatic rings. The van der Waals surface area contributed by atoms with Crippen molar-refractivity contribution in [1.29, 1.82) is 0 Å². The minimum Gasteiger partial charge on any atom is -0.310 e. The summed E-state index contributed by atoms with van der Waals surface area (Å²) in [6, 6.07) is 76.6. The molecule has 2 nitrogen and oxygen atoms in total. The number of hydrogen-bond acceptors (Lipinski definition) is 2. The highest BCUT2D eigenvalue weighted by atomic mass is 32.1. The van der Waals surface area contributed by atoms with Crippen molar-refractivity contribution in [3.63, 3.8) is 0 Å². The van der Waals surface area contributed by atoms with Gasteiger partial charge in [-0.3, -0.25) is 0 Å². The summed E-state index contributed by atoms with van der Waals surface area (Å²) in [4.78, 5) is 2.38. The number of aromatic nitrogens is 1. The van der Waals surface area contributed by atoms with E-state index in [-0.39, 0.29) is 10.8 Å². The van der Waals surface area contributed by atoms with Crippen LogP contribution in [0.3, 0.4) is 0 Å². The van der Waals surface area contributed by atoms with E-state index in [0.29, 0.717) is 0 Å². The van der Waals surface area contributed by atoms with Crippen LogP contribution in [-0.4, -0.2) is 4.57 Å². The Hall–Kier alpha value is -7.20. The van der Waals surface area contributed by atoms with E-state index in [9.17, 15) is 0 Å². The van der Waals surface area contributed by atoms with Crippen LogP contribution in [0, 0.1) is 0 Å². The molecule has 0 fully saturated rings. The lowest BCUT2D eigenvalue weighted by Gasteiger charge is -2.28. The van der Waals surface area contributed by atoms with Crippen LogP contribution >= 0.6 is 11.3 Å². The minimum atomic E-state index is 0.0802. The maximum Gasteiger partial charge on any atom is 0.0547 e. The van der Waals surface area contributed by atoms with Crippen molar-refractivity contribution in [2.75, 3.05) is 4.90 Å². The molecule has 65 heavy (non-hydrogen) atoms. The lowest BCUT2D eigenvalue weighted by Crippen LogP contribution is -2.14. The van der Waals surface area contributed by atoms with Crippen molar-refractivity contribution in [3.8, 4) is 39.1 Å². The molecule has 0 saturated heterocycles. The van der Waals surface area contributed by atoms with E-state index < -0.39 is 0 Å². The Balaban J connectivity index is 0.955. The number of anilines is 3. The summed E-state index contributed by atoms with van der Waals surface area (Å²) >= 11 is 1.87. The minimum absolute atomic E-state index is 0.0802. The molecule has 0 saturated carbocycles. The van der Waals surface area contributed by atoms with Gasteiger partial charge in [0.25, 0.3) is 0 Å². The maximum absolute atomic E-state index is 2.44. The number of nitrogens with zero attached hydrogens (tertiary/aromatic N) is 2. The zero-order valence-electron chi connectivity index (χ0n) is 37.9. The Labute approximate surface area is 386 Å². The highest BCUT2D eigenvalue weighted by Gasteiger charge is 2.20. The summed E-state index contributed by atoms with van der Waals surface area (Å²) in [7, 11) is 0. The molecule has 0 atom stereocenters. The topological polar surface area (TPSA) is 8.17 Å². The number of hydrogen-bond donors (Lipinski definition) is 0. The molecule has 0 aliphatic carbocycles. The molecule has 0 aliphatic heterocycles. The Morgan fingerprint density at radius 1 is 0.338 bits per heavy atom. The summed E-state index contributed by atoms with van der Waals surface area (Å²) in [5, 5.41) is 5.14. The van der Waals surface area contributed by atoms with Gasteiger partial charge in [0.05, 0.1) is 11.0 Å². The Morgan fingerprint density at radius 2 is 0.815 bits per heavy atom. The van der Waals surface area contributed by atoms with Gasteiger partial charge in [0.2, 0.25) is 0 Å². The number of fused-ring (bicyclic) bond motifs is 6. The van der Waals surface area contributed by atoms with Crippen molar-refractivity contribution in [2.24, 2.45) is 0 Å². The largest absolute Gasteiger partial charge is 0.310 e. The fourth-order valence-electron chi connectivity index (χ4n) is 9.49. The molecule has 3 heteroatoms. The van der Waals surface area contributed by atoms with E-state index in [4.69, 9.17) is 0 Å². The molecule has 0 spiro atoms. The van der Waals surface area contributed by atoms with Crippen LogP contribution in [0.5, 0.6) is 0 Å². The monoisotopic (exact) mass is 856 g/mol. The Bertz CT molecular complexity index is 3460. The van der Waals surface area contributed by atoms with Crippen molar-refractivity contribution in [1.82, 2.24) is 4.57 Å². The van der Waals surface area contributed by atoms with Crippen LogP contribution < -0.4 is 4.90 Å². The summed E-state index contributed by atoms with van der Waals surface area (Å²) in [5.74, 6) is 0. The smallest absolute Gasteiger partial charge is 0.0547 e. The SMILES string of the molecule is CC(C)(C)c1ccc(N(c2ccc(C(C)(C)C)cc2)c2cccc(-c3ccc(-c4ccc5c6ccc(-c7ccc8sc9ccccc9c8c7)cc6n(-c6ccccc6)c5c4)cc3)c2)cc1. The van der Waals surface area contributed by atoms with Gasteiger partial charge < -0.3 is 9.47 Å². The first kappa shape index (κ1) is 40.6. The molecule has 0 radical (unpaired) electrons. The molecular weight excluding hydrogens is 805 g/mol. The Kier molecular flexibility index (Phi) is 9.86. The van der Waals surface area contributed by atoms with Gasteiger partial charge >= 0.3 is 0 Å². The van der Waals surface area contributed by atoms with E-state index >= 15 is 0 Å². The van der Waals surface area contributed by atoms with Crippen LogP contribution in [0.25, 0.3) is 81.0 Å². The predicted molar refractivity (Wildman–Crippen MR) is 282 cm³/mol. The third kappa shape index (κ3) is 7.50. The summed E-state index contributed by atoms with van der Waals surface area (Å²) in [6.45, 7) is 13.6. The van der Waals surface area contributed by atoms with Crippen molar-refractivity contribution < 1.29 is 0 Å². The van der Waals surface area contributed by atoms with Crippen molar-refractivity contribution >= 4 is 70.4 Å². The van der Waals surface area contributed by atoms with Crippen LogP contribution in [0.4, 0.5) is 17.1 Å². The van der Waals surface area contributed by atoms with Gasteiger partial charge in [-0.25, -0.2) is 0 Å². The average Bonchev–Trinajstić information content (AvgIpc) is 3.86. The van der Waals surface area contributed by atoms with Crippen molar-refractivity contribution in [3.05, 3.63) is 217 Å². The van der Waals surface area contributed by atoms with Gasteiger partial charge in [-0.05, 0) is 134 Å². The number of rotatable bonds is 7. The fraction of sp³-hybridized carbons (Fsp3) is 0.129. The summed E-state index contributed by atoms with van der Waals surface area (Å²) < 4.78 is 5.10. The van der Waals surface area contributed by atoms with Crippen molar-refractivity contribution in [2.45, 2.75) is 52.4 Å². The van der Waals surface area contributed by atoms with E-state index in [1.807, 2.05) is 11.3 Å². The molecule has 11 rings (SSSR count). The highest BCUT2D eigenvalue weighted by Crippen LogP contribution is 2.42. The van der Waals surface area contributed by atoms with Gasteiger partial charge in [0, 0.05) is 53.7 Å². The fourth-order valence-corrected chi connectivity index (χ4v) is 10.6. The lowest BCUT2D eigenvalue weighted by atomic mass is 9.86. The molecule has 2 aromatic heterocycles. The third-order valence-corrected chi connectivity index (χ3v) is 14.3. The van der Waals surface area contributed by atoms with Crippen LogP contribution in [0.2, 0.25) is 0 Å². The molecule has 316 valence electrons. The molecule has 2 heterocycles. The zero-order chi connectivity index (χ0) is 44.5. The van der Waals surface area contributed by atoms with Crippen LogP contribution in [0.1, 0.15) is 52.7 Å². The molecule has 0 unspecified atom stereocenters. The number of benzene rings is 9. The van der Waals surface area contributed by atoms with Crippen LogP contribution in [-0.2, 0) is 10.8 Å². The zero-order valence-corrected chi connectivity index (χ0v) is 38.7. The lowest BCUT2D eigenvalue weighted by molar-refractivity contribution is 0.590. The maximum atomic E-state index is 2.44. The van der Waals surface area contributed by atoms with Gasteiger partial charge in [0.1, 0.15) is 0 Å². The molecular formula is C62H52N2S. The second kappa shape index (κ2) is 15.8. The van der Waals surface area contributed by atoms with E-state index in [1.54, 1.807) is 0 Å². The van der Waals surface area contributed by atoms with Crippen LogP contribution in [0.15, 0.2) is 206 Å². The highest BCUT2D eigenvalue weighted by molar-refractivity contribution is 7.25. The average molecular weight is 857 g/mol. The molecule has 0 bridgehead atoms. The van der Waals surface area contributed by atoms with Gasteiger partial charge in [-0.2, -0.15) is 0 Å². The first-order valence-corrected chi connectivity index (χ1v) is 23.6. The Morgan fingerprint density at radius 3 is 1.40 bits per heavy atom. The van der Waals surface area contributed by atoms with E-state index in [0.717, 1.165) is 22.7 Å². The predicted octanol–water partition coefficient (Wildman–Crippen LogP) is 18.2. The quantitative estimate of drug-likeness (QED) is 0.155.